The van der Waals surface area contributed by atoms with Crippen LogP contribution in [0.5, 0.6) is 0 Å². The van der Waals surface area contributed by atoms with Gasteiger partial charge >= 0.3 is 7.82 Å². The molecule has 0 spiro atoms. The van der Waals surface area contributed by atoms with Gasteiger partial charge in [-0.25, -0.2) is 4.57 Å². The molecular weight excluding hydrogens is 816 g/mol. The second kappa shape index (κ2) is 46.1. The summed E-state index contributed by atoms with van der Waals surface area (Å²) < 4.78 is 23.6. The number of likely N-dealkylation sites (N-methyl/N-ethyl adjacent to an activating group) is 1. The minimum Gasteiger partial charge on any atom is -0.387 e. The summed E-state index contributed by atoms with van der Waals surface area (Å²) in [5.74, 6) is -0.202. The van der Waals surface area contributed by atoms with Crippen molar-refractivity contribution in [2.24, 2.45) is 0 Å². The van der Waals surface area contributed by atoms with E-state index in [9.17, 15) is 19.4 Å². The maximum Gasteiger partial charge on any atom is 0.472 e. The topological polar surface area (TPSA) is 105 Å². The number of quaternary nitrogens is 1. The number of hydrogen-bond acceptors (Lipinski definition) is 5. The van der Waals surface area contributed by atoms with Crippen LogP contribution in [-0.4, -0.2) is 73.4 Å². The number of carbonyl (C=O) groups is 1. The Morgan fingerprint density at radius 1 is 0.547 bits per heavy atom. The standard InChI is InChI=1S/C55H101N2O6P/c1-6-8-10-12-14-16-18-20-22-24-26-27-28-29-31-32-34-36-38-40-42-44-46-48-54(58)53(52-63-64(60,61)62-51-50-57(3,4)5)56-55(59)49-47-45-43-41-39-37-35-33-30-25-23-21-19-17-15-13-11-9-7-2/h9,11,15,17,21,23,30,33,38,40,46,48,53-54,58H,6-8,10,12-14,16,18-20,22,24-29,31-32,34-37,39,41-45,47,49-52H2,1-5H3,(H-,56,59,60,61)/p+1/b11-9-,17-15-,23-21-,33-30-,40-38+,48-46+. The fourth-order valence-electron chi connectivity index (χ4n) is 7.28. The fourth-order valence-corrected chi connectivity index (χ4v) is 8.02. The highest BCUT2D eigenvalue weighted by molar-refractivity contribution is 7.47. The van der Waals surface area contributed by atoms with Crippen LogP contribution in [0.1, 0.15) is 219 Å². The Morgan fingerprint density at radius 2 is 0.953 bits per heavy atom. The molecule has 1 amide bonds. The van der Waals surface area contributed by atoms with Crippen molar-refractivity contribution < 1.29 is 32.9 Å². The third kappa shape index (κ3) is 47.9. The van der Waals surface area contributed by atoms with Crippen LogP contribution in [0.4, 0.5) is 0 Å². The van der Waals surface area contributed by atoms with Gasteiger partial charge in [0.1, 0.15) is 13.2 Å². The van der Waals surface area contributed by atoms with Crippen molar-refractivity contribution in [3.8, 4) is 0 Å². The zero-order chi connectivity index (χ0) is 47.1. The number of nitrogens with one attached hydrogen (secondary N) is 1. The molecule has 0 rings (SSSR count). The van der Waals surface area contributed by atoms with E-state index in [2.05, 4.69) is 79.9 Å². The summed E-state index contributed by atoms with van der Waals surface area (Å²) in [6, 6.07) is -0.875. The van der Waals surface area contributed by atoms with E-state index < -0.39 is 20.0 Å². The van der Waals surface area contributed by atoms with Crippen molar-refractivity contribution in [1.29, 1.82) is 0 Å². The van der Waals surface area contributed by atoms with Crippen LogP contribution in [0.15, 0.2) is 72.9 Å². The van der Waals surface area contributed by atoms with E-state index in [1.807, 2.05) is 27.2 Å². The molecule has 8 nitrogen and oxygen atoms in total. The molecule has 372 valence electrons. The number of hydrogen-bond donors (Lipinski definition) is 3. The fraction of sp³-hybridized carbons (Fsp3) is 0.764. The van der Waals surface area contributed by atoms with Gasteiger partial charge in [0.25, 0.3) is 0 Å². The molecule has 0 saturated carbocycles. The molecule has 0 fully saturated rings. The van der Waals surface area contributed by atoms with Gasteiger partial charge in [0.2, 0.25) is 5.91 Å². The Hall–Kier alpha value is -2.06. The van der Waals surface area contributed by atoms with E-state index in [1.165, 1.54) is 122 Å². The van der Waals surface area contributed by atoms with Gasteiger partial charge in [0.15, 0.2) is 0 Å². The van der Waals surface area contributed by atoms with Crippen LogP contribution in [-0.2, 0) is 18.4 Å². The quantitative estimate of drug-likeness (QED) is 0.0243. The van der Waals surface area contributed by atoms with Gasteiger partial charge < -0.3 is 19.8 Å². The molecule has 0 aliphatic heterocycles. The summed E-state index contributed by atoms with van der Waals surface area (Å²) >= 11 is 0. The van der Waals surface area contributed by atoms with E-state index in [0.29, 0.717) is 17.4 Å². The summed E-state index contributed by atoms with van der Waals surface area (Å²) in [5.41, 5.74) is 0. The number of rotatable bonds is 47. The first-order valence-corrected chi connectivity index (χ1v) is 27.8. The van der Waals surface area contributed by atoms with Gasteiger partial charge in [-0.3, -0.25) is 13.8 Å². The molecule has 64 heavy (non-hydrogen) atoms. The lowest BCUT2D eigenvalue weighted by atomic mass is 10.0. The highest BCUT2D eigenvalue weighted by Gasteiger charge is 2.27. The smallest absolute Gasteiger partial charge is 0.387 e. The maximum atomic E-state index is 12.9. The number of aliphatic hydroxyl groups is 1. The largest absolute Gasteiger partial charge is 0.472 e. The Morgan fingerprint density at radius 3 is 1.44 bits per heavy atom. The molecule has 0 aromatic rings. The van der Waals surface area contributed by atoms with Crippen LogP contribution < -0.4 is 5.32 Å². The second-order valence-corrected chi connectivity index (χ2v) is 20.3. The predicted molar refractivity (Wildman–Crippen MR) is 276 cm³/mol. The van der Waals surface area contributed by atoms with E-state index in [4.69, 9.17) is 9.05 Å². The van der Waals surface area contributed by atoms with Gasteiger partial charge in [0, 0.05) is 6.42 Å². The Balaban J connectivity index is 4.37. The predicted octanol–water partition coefficient (Wildman–Crippen LogP) is 15.5. The Kier molecular flexibility index (Phi) is 44.6. The number of amides is 1. The zero-order valence-electron chi connectivity index (χ0n) is 42.3. The van der Waals surface area contributed by atoms with Crippen LogP contribution in [0.2, 0.25) is 0 Å². The second-order valence-electron chi connectivity index (χ2n) is 18.9. The number of unbranched alkanes of at least 4 members (excludes halogenated alkanes) is 24. The highest BCUT2D eigenvalue weighted by atomic mass is 31.2. The SMILES string of the molecule is CC/C=C\C/C=C\C/C=C\C/C=C\CCCCCCCCC(=O)NC(COP(=O)(O)OCC[N+](C)(C)C)C(O)/C=C/CC/C=C/CCCCCCCCCCCCCCCCCCC. The van der Waals surface area contributed by atoms with Crippen molar-refractivity contribution in [3.63, 3.8) is 0 Å². The summed E-state index contributed by atoms with van der Waals surface area (Å²) in [6.07, 6.45) is 62.8. The molecule has 0 saturated heterocycles. The zero-order valence-corrected chi connectivity index (χ0v) is 43.1. The van der Waals surface area contributed by atoms with Gasteiger partial charge in [-0.05, 0) is 70.6 Å². The van der Waals surface area contributed by atoms with Crippen molar-refractivity contribution in [1.82, 2.24) is 5.32 Å². The molecule has 3 unspecified atom stereocenters. The molecule has 0 aromatic carbocycles. The summed E-state index contributed by atoms with van der Waals surface area (Å²) in [5, 5.41) is 13.9. The lowest BCUT2D eigenvalue weighted by molar-refractivity contribution is -0.870. The number of aliphatic hydroxyl groups excluding tert-OH is 1. The first-order chi connectivity index (χ1) is 31.0. The Labute approximate surface area is 395 Å². The molecule has 3 atom stereocenters. The maximum absolute atomic E-state index is 12.9. The summed E-state index contributed by atoms with van der Waals surface area (Å²) in [4.78, 5) is 23.2. The van der Waals surface area contributed by atoms with Crippen LogP contribution in [0, 0.1) is 0 Å². The number of carbonyl (C=O) groups excluding carboxylic acids is 1. The monoisotopic (exact) mass is 918 g/mol. The van der Waals surface area contributed by atoms with Crippen LogP contribution in [0.25, 0.3) is 0 Å². The number of nitrogens with zero attached hydrogens (tertiary/aromatic N) is 1. The number of phosphoric acid groups is 1. The molecule has 0 bridgehead atoms. The molecular formula is C55H102N2O6P+. The van der Waals surface area contributed by atoms with Crippen molar-refractivity contribution in [2.45, 2.75) is 231 Å². The minimum absolute atomic E-state index is 0.0498. The van der Waals surface area contributed by atoms with E-state index >= 15 is 0 Å². The molecule has 9 heteroatoms. The first-order valence-electron chi connectivity index (χ1n) is 26.3. The minimum atomic E-state index is -4.36. The average molecular weight is 918 g/mol. The average Bonchev–Trinajstić information content (AvgIpc) is 3.25. The van der Waals surface area contributed by atoms with E-state index in [-0.39, 0.29) is 19.1 Å². The lowest BCUT2D eigenvalue weighted by Crippen LogP contribution is -2.45. The van der Waals surface area contributed by atoms with E-state index in [1.54, 1.807) is 6.08 Å². The van der Waals surface area contributed by atoms with Crippen molar-refractivity contribution in [3.05, 3.63) is 72.9 Å². The van der Waals surface area contributed by atoms with E-state index in [0.717, 1.165) is 77.0 Å². The molecule has 0 radical (unpaired) electrons. The van der Waals surface area contributed by atoms with Gasteiger partial charge in [-0.2, -0.15) is 0 Å². The molecule has 0 aliphatic carbocycles. The number of phosphoric ester groups is 1. The lowest BCUT2D eigenvalue weighted by Gasteiger charge is -2.25. The van der Waals surface area contributed by atoms with Crippen molar-refractivity contribution in [2.75, 3.05) is 40.9 Å². The third-order valence-electron chi connectivity index (χ3n) is 11.4. The normalized spacial score (nSPS) is 14.7. The Bertz CT molecular complexity index is 1270. The van der Waals surface area contributed by atoms with Gasteiger partial charge in [-0.15, -0.1) is 0 Å². The molecule has 0 aliphatic rings. The van der Waals surface area contributed by atoms with Crippen molar-refractivity contribution >= 4 is 13.7 Å². The number of allylic oxidation sites excluding steroid dienone is 11. The van der Waals surface area contributed by atoms with Gasteiger partial charge in [-0.1, -0.05) is 215 Å². The molecule has 0 aromatic heterocycles. The summed E-state index contributed by atoms with van der Waals surface area (Å²) in [6.45, 7) is 4.67. The van der Waals surface area contributed by atoms with Crippen LogP contribution in [0.3, 0.4) is 0 Å². The van der Waals surface area contributed by atoms with Crippen LogP contribution >= 0.6 is 7.82 Å². The van der Waals surface area contributed by atoms with Gasteiger partial charge in [0.05, 0.1) is 39.9 Å². The first kappa shape index (κ1) is 61.9. The third-order valence-corrected chi connectivity index (χ3v) is 12.4. The molecule has 0 heterocycles. The molecule has 3 N–H and O–H groups in total. The summed E-state index contributed by atoms with van der Waals surface area (Å²) in [7, 11) is 1.54. The highest BCUT2D eigenvalue weighted by Crippen LogP contribution is 2.43.